The Labute approximate surface area is 102 Å². The molecule has 1 amide bonds. The molecule has 4 heteroatoms. The van der Waals surface area contributed by atoms with Crippen molar-refractivity contribution in [2.24, 2.45) is 11.1 Å². The zero-order valence-electron chi connectivity index (χ0n) is 10.3. The van der Waals surface area contributed by atoms with Gasteiger partial charge in [0.1, 0.15) is 0 Å². The molecule has 0 unspecified atom stereocenters. The van der Waals surface area contributed by atoms with Gasteiger partial charge in [0.15, 0.2) is 0 Å². The van der Waals surface area contributed by atoms with Crippen molar-refractivity contribution in [3.05, 3.63) is 35.9 Å². The molecule has 0 aliphatic heterocycles. The van der Waals surface area contributed by atoms with E-state index in [1.165, 1.54) is 0 Å². The summed E-state index contributed by atoms with van der Waals surface area (Å²) < 4.78 is 0. The quantitative estimate of drug-likeness (QED) is 0.708. The van der Waals surface area contributed by atoms with Crippen molar-refractivity contribution >= 4 is 5.91 Å². The molecule has 17 heavy (non-hydrogen) atoms. The van der Waals surface area contributed by atoms with Gasteiger partial charge in [-0.2, -0.15) is 0 Å². The summed E-state index contributed by atoms with van der Waals surface area (Å²) in [7, 11) is 0. The van der Waals surface area contributed by atoms with Gasteiger partial charge in [0, 0.05) is 6.54 Å². The van der Waals surface area contributed by atoms with Gasteiger partial charge in [0.25, 0.3) is 0 Å². The number of benzene rings is 1. The molecular formula is C13H20N2O2. The molecule has 0 fully saturated rings. The summed E-state index contributed by atoms with van der Waals surface area (Å²) >= 11 is 0. The number of hydrogen-bond acceptors (Lipinski definition) is 3. The van der Waals surface area contributed by atoms with Crippen LogP contribution in [0.25, 0.3) is 0 Å². The molecule has 0 bridgehead atoms. The van der Waals surface area contributed by atoms with Crippen molar-refractivity contribution in [2.45, 2.75) is 19.9 Å². The average molecular weight is 236 g/mol. The van der Waals surface area contributed by atoms with E-state index in [1.54, 1.807) is 13.8 Å². The van der Waals surface area contributed by atoms with Gasteiger partial charge in [-0.25, -0.2) is 0 Å². The Hall–Kier alpha value is -1.39. The summed E-state index contributed by atoms with van der Waals surface area (Å²) in [4.78, 5) is 11.9. The molecular weight excluding hydrogens is 216 g/mol. The first kappa shape index (κ1) is 13.7. The molecule has 0 aliphatic carbocycles. The highest BCUT2D eigenvalue weighted by molar-refractivity contribution is 5.82. The highest BCUT2D eigenvalue weighted by atomic mass is 16.3. The van der Waals surface area contributed by atoms with Crippen LogP contribution in [0, 0.1) is 5.41 Å². The zero-order valence-corrected chi connectivity index (χ0v) is 10.3. The number of rotatable bonds is 5. The Morgan fingerprint density at radius 2 is 2.00 bits per heavy atom. The number of carbonyl (C=O) groups is 1. The maximum Gasteiger partial charge on any atom is 0.227 e. The molecule has 1 aromatic rings. The molecule has 1 rings (SSSR count). The van der Waals surface area contributed by atoms with Gasteiger partial charge < -0.3 is 16.2 Å². The van der Waals surface area contributed by atoms with Crippen molar-refractivity contribution in [3.63, 3.8) is 0 Å². The first-order valence-corrected chi connectivity index (χ1v) is 5.68. The van der Waals surface area contributed by atoms with E-state index in [0.717, 1.165) is 5.56 Å². The van der Waals surface area contributed by atoms with E-state index >= 15 is 0 Å². The summed E-state index contributed by atoms with van der Waals surface area (Å²) in [5, 5.41) is 12.1. The van der Waals surface area contributed by atoms with E-state index in [9.17, 15) is 9.90 Å². The fraction of sp³-hybridized carbons (Fsp3) is 0.462. The molecule has 94 valence electrons. The molecule has 4 N–H and O–H groups in total. The van der Waals surface area contributed by atoms with E-state index in [2.05, 4.69) is 5.32 Å². The number of nitrogens with one attached hydrogen (secondary N) is 1. The molecule has 0 saturated carbocycles. The van der Waals surface area contributed by atoms with Gasteiger partial charge in [-0.3, -0.25) is 4.79 Å². The maximum absolute atomic E-state index is 11.9. The predicted molar refractivity (Wildman–Crippen MR) is 67.2 cm³/mol. The fourth-order valence-electron chi connectivity index (χ4n) is 1.37. The number of aliphatic hydroxyl groups excluding tert-OH is 1. The topological polar surface area (TPSA) is 75.4 Å². The van der Waals surface area contributed by atoms with Gasteiger partial charge >= 0.3 is 0 Å². The lowest BCUT2D eigenvalue weighted by Crippen LogP contribution is -2.44. The molecule has 4 nitrogen and oxygen atoms in total. The van der Waals surface area contributed by atoms with Gasteiger partial charge in [0.2, 0.25) is 5.91 Å². The number of hydrogen-bond donors (Lipinski definition) is 3. The highest BCUT2D eigenvalue weighted by Gasteiger charge is 2.27. The van der Waals surface area contributed by atoms with Gasteiger partial charge in [-0.05, 0) is 19.4 Å². The van der Waals surface area contributed by atoms with Crippen LogP contribution in [0.2, 0.25) is 0 Å². The Morgan fingerprint density at radius 3 is 2.47 bits per heavy atom. The summed E-state index contributed by atoms with van der Waals surface area (Å²) in [6.45, 7) is 3.70. The van der Waals surface area contributed by atoms with Crippen molar-refractivity contribution in [1.82, 2.24) is 5.32 Å². The van der Waals surface area contributed by atoms with Crippen molar-refractivity contribution < 1.29 is 9.90 Å². The molecule has 0 saturated heterocycles. The first-order valence-electron chi connectivity index (χ1n) is 5.68. The largest absolute Gasteiger partial charge is 0.394 e. The number of carbonyl (C=O) groups excluding carboxylic acids is 1. The fourth-order valence-corrected chi connectivity index (χ4v) is 1.37. The lowest BCUT2D eigenvalue weighted by molar-refractivity contribution is -0.130. The predicted octanol–water partition coefficient (Wildman–Crippen LogP) is 0.821. The molecule has 0 aromatic heterocycles. The standard InChI is InChI=1S/C13H20N2O2/c1-13(2,9-14)12(17)15-11(8-16)10-6-4-3-5-7-10/h3-7,11,16H,8-9,14H2,1-2H3,(H,15,17)/t11-/m1/s1. The number of aliphatic hydroxyl groups is 1. The average Bonchev–Trinajstić information content (AvgIpc) is 2.36. The van der Waals surface area contributed by atoms with Crippen LogP contribution < -0.4 is 11.1 Å². The summed E-state index contributed by atoms with van der Waals surface area (Å²) in [6, 6.07) is 9.00. The van der Waals surface area contributed by atoms with Crippen LogP contribution >= 0.6 is 0 Å². The number of amides is 1. The van der Waals surface area contributed by atoms with Crippen LogP contribution in [0.3, 0.4) is 0 Å². The zero-order chi connectivity index (χ0) is 12.9. The van der Waals surface area contributed by atoms with E-state index < -0.39 is 5.41 Å². The molecule has 0 aliphatic rings. The molecule has 1 atom stereocenters. The Morgan fingerprint density at radius 1 is 1.41 bits per heavy atom. The van der Waals surface area contributed by atoms with Gasteiger partial charge in [0.05, 0.1) is 18.1 Å². The van der Waals surface area contributed by atoms with E-state index in [1.807, 2.05) is 30.3 Å². The summed E-state index contributed by atoms with van der Waals surface area (Å²) in [5.74, 6) is -0.150. The molecule has 0 spiro atoms. The van der Waals surface area contributed by atoms with Crippen molar-refractivity contribution in [3.8, 4) is 0 Å². The second-order valence-corrected chi connectivity index (χ2v) is 4.71. The normalized spacial score (nSPS) is 13.2. The lowest BCUT2D eigenvalue weighted by atomic mass is 9.92. The van der Waals surface area contributed by atoms with Crippen LogP contribution in [0.15, 0.2) is 30.3 Å². The number of nitrogens with two attached hydrogens (primary N) is 1. The Bertz CT molecular complexity index is 363. The minimum absolute atomic E-state index is 0.129. The van der Waals surface area contributed by atoms with Crippen molar-refractivity contribution in [2.75, 3.05) is 13.2 Å². The Balaban J connectivity index is 2.75. The SMILES string of the molecule is CC(C)(CN)C(=O)N[C@H](CO)c1ccccc1. The molecule has 0 heterocycles. The first-order chi connectivity index (χ1) is 8.01. The molecule has 1 aromatic carbocycles. The van der Waals surface area contributed by atoms with Crippen LogP contribution in [0.5, 0.6) is 0 Å². The second kappa shape index (κ2) is 5.80. The minimum Gasteiger partial charge on any atom is -0.394 e. The van der Waals surface area contributed by atoms with Crippen LogP contribution in [0.4, 0.5) is 0 Å². The van der Waals surface area contributed by atoms with Crippen molar-refractivity contribution in [1.29, 1.82) is 0 Å². The van der Waals surface area contributed by atoms with Crippen LogP contribution in [-0.4, -0.2) is 24.2 Å². The third kappa shape index (κ3) is 3.54. The second-order valence-electron chi connectivity index (χ2n) is 4.71. The van der Waals surface area contributed by atoms with Crippen LogP contribution in [0.1, 0.15) is 25.5 Å². The monoisotopic (exact) mass is 236 g/mol. The highest BCUT2D eigenvalue weighted by Crippen LogP contribution is 2.17. The van der Waals surface area contributed by atoms with Gasteiger partial charge in [-0.15, -0.1) is 0 Å². The van der Waals surface area contributed by atoms with E-state index in [0.29, 0.717) is 0 Å². The smallest absolute Gasteiger partial charge is 0.227 e. The summed E-state index contributed by atoms with van der Waals surface area (Å²) in [6.07, 6.45) is 0. The lowest BCUT2D eigenvalue weighted by Gasteiger charge is -2.25. The maximum atomic E-state index is 11.9. The third-order valence-corrected chi connectivity index (χ3v) is 2.81. The Kier molecular flexibility index (Phi) is 4.66. The van der Waals surface area contributed by atoms with E-state index in [4.69, 9.17) is 5.73 Å². The summed E-state index contributed by atoms with van der Waals surface area (Å²) in [5.41, 5.74) is 5.80. The minimum atomic E-state index is -0.623. The third-order valence-electron chi connectivity index (χ3n) is 2.81. The molecule has 0 radical (unpaired) electrons. The van der Waals surface area contributed by atoms with Gasteiger partial charge in [-0.1, -0.05) is 30.3 Å². The van der Waals surface area contributed by atoms with Crippen LogP contribution in [-0.2, 0) is 4.79 Å². The van der Waals surface area contributed by atoms with E-state index in [-0.39, 0.29) is 25.1 Å².